The van der Waals surface area contributed by atoms with Crippen LogP contribution in [0.1, 0.15) is 85.2 Å². The molecule has 11 nitrogen and oxygen atoms in total. The Bertz CT molecular complexity index is 1520. The van der Waals surface area contributed by atoms with Gasteiger partial charge in [-0.3, -0.25) is 9.36 Å². The van der Waals surface area contributed by atoms with Gasteiger partial charge in [0.1, 0.15) is 30.0 Å². The Hall–Kier alpha value is -3.22. The SMILES string of the molecule is COCCCc1ncc2c(Cl)cc(C(OC(=S)n3ccnc3)C(CC(NC(=O)OC(C)(C)C)C3CC(C(C)C)C(=O)O3)C(C)C)cn12. The van der Waals surface area contributed by atoms with Crippen molar-refractivity contribution in [3.63, 3.8) is 0 Å². The predicted octanol–water partition coefficient (Wildman–Crippen LogP) is 6.80. The standard InChI is InChI=1S/C34H48ClN5O6S/c1-20(2)23(15-26(38-32(42)46-34(5,6)7)28-16-24(21(3)4)31(41)44-28)30(45-33(47)39-12-11-36-19-39)22-14-25(35)27-17-37-29(40(27)18-22)10-9-13-43-8/h11-12,14,17-21,23-24,26,28,30H,9-10,13,15-16H2,1-8H3,(H,38,42). The van der Waals surface area contributed by atoms with E-state index in [0.717, 1.165) is 23.3 Å². The number of thiocarbonyl (C=S) groups is 1. The van der Waals surface area contributed by atoms with Crippen LogP contribution in [-0.2, 0) is 30.2 Å². The number of hydrogen-bond donors (Lipinski definition) is 1. The lowest BCUT2D eigenvalue weighted by Gasteiger charge is -2.35. The van der Waals surface area contributed by atoms with Crippen LogP contribution in [0.5, 0.6) is 0 Å². The molecular formula is C34H48ClN5O6S. The number of nitrogens with zero attached hydrogens (tertiary/aromatic N) is 4. The normalized spacial score (nSPS) is 18.7. The molecule has 1 fully saturated rings. The first kappa shape index (κ1) is 36.6. The fraction of sp³-hybridized carbons (Fsp3) is 0.618. The van der Waals surface area contributed by atoms with E-state index in [1.807, 2.05) is 51.3 Å². The largest absolute Gasteiger partial charge is 0.462 e. The molecule has 3 aromatic rings. The number of alkyl carbamates (subject to hydrolysis) is 1. The maximum absolute atomic E-state index is 13.2. The number of pyridine rings is 1. The molecule has 1 N–H and O–H groups in total. The minimum Gasteiger partial charge on any atom is -0.462 e. The van der Waals surface area contributed by atoms with Crippen LogP contribution >= 0.6 is 23.8 Å². The molecule has 47 heavy (non-hydrogen) atoms. The van der Waals surface area contributed by atoms with Crippen molar-refractivity contribution in [2.24, 2.45) is 23.7 Å². The molecule has 0 aromatic carbocycles. The van der Waals surface area contributed by atoms with Crippen LogP contribution in [0.3, 0.4) is 0 Å². The third-order valence-electron chi connectivity index (χ3n) is 8.49. The minimum absolute atomic E-state index is 0.0324. The molecule has 1 aliphatic rings. The summed E-state index contributed by atoms with van der Waals surface area (Å²) in [5, 5.41) is 3.78. The maximum atomic E-state index is 13.2. The number of esters is 1. The van der Waals surface area contributed by atoms with Gasteiger partial charge in [-0.25, -0.2) is 14.8 Å². The quantitative estimate of drug-likeness (QED) is 0.117. The first-order valence-corrected chi connectivity index (χ1v) is 17.0. The van der Waals surface area contributed by atoms with E-state index < -0.39 is 29.9 Å². The monoisotopic (exact) mass is 689 g/mol. The number of imidazole rings is 2. The number of aromatic nitrogens is 4. The number of nitrogens with one attached hydrogen (secondary N) is 1. The van der Waals surface area contributed by atoms with Crippen LogP contribution in [-0.4, -0.2) is 67.6 Å². The van der Waals surface area contributed by atoms with E-state index in [0.29, 0.717) is 30.9 Å². The molecule has 258 valence electrons. The molecule has 0 spiro atoms. The third-order valence-corrected chi connectivity index (χ3v) is 9.10. The van der Waals surface area contributed by atoms with Crippen molar-refractivity contribution in [2.75, 3.05) is 13.7 Å². The Morgan fingerprint density at radius 3 is 2.60 bits per heavy atom. The number of rotatable bonds is 13. The molecule has 13 heteroatoms. The van der Waals surface area contributed by atoms with E-state index in [4.69, 9.17) is 42.8 Å². The van der Waals surface area contributed by atoms with Gasteiger partial charge in [0.2, 0.25) is 0 Å². The number of carbonyl (C=O) groups excluding carboxylic acids is 2. The van der Waals surface area contributed by atoms with E-state index in [-0.39, 0.29) is 34.8 Å². The summed E-state index contributed by atoms with van der Waals surface area (Å²) in [6.45, 7) is 14.2. The van der Waals surface area contributed by atoms with E-state index in [1.54, 1.807) is 36.6 Å². The molecule has 5 atom stereocenters. The first-order chi connectivity index (χ1) is 22.2. The molecular weight excluding hydrogens is 642 g/mol. The lowest BCUT2D eigenvalue weighted by Crippen LogP contribution is -2.47. The molecule has 0 bridgehead atoms. The summed E-state index contributed by atoms with van der Waals surface area (Å²) in [5.74, 6) is 0.225. The lowest BCUT2D eigenvalue weighted by molar-refractivity contribution is -0.146. The van der Waals surface area contributed by atoms with Gasteiger partial charge in [-0.05, 0) is 70.2 Å². The van der Waals surface area contributed by atoms with Crippen LogP contribution < -0.4 is 5.32 Å². The van der Waals surface area contributed by atoms with Crippen LogP contribution in [0.15, 0.2) is 37.2 Å². The Balaban J connectivity index is 1.76. The van der Waals surface area contributed by atoms with Gasteiger partial charge in [0.05, 0.1) is 28.7 Å². The fourth-order valence-electron chi connectivity index (χ4n) is 6.00. The Kier molecular flexibility index (Phi) is 12.3. The van der Waals surface area contributed by atoms with Gasteiger partial charge < -0.3 is 28.7 Å². The summed E-state index contributed by atoms with van der Waals surface area (Å²) in [7, 11) is 1.68. The number of ether oxygens (including phenoxy) is 4. The summed E-state index contributed by atoms with van der Waals surface area (Å²) >= 11 is 12.6. The Morgan fingerprint density at radius 2 is 2.00 bits per heavy atom. The first-order valence-electron chi connectivity index (χ1n) is 16.2. The zero-order valence-electron chi connectivity index (χ0n) is 28.6. The second kappa shape index (κ2) is 15.8. The van der Waals surface area contributed by atoms with Crippen molar-refractivity contribution in [1.29, 1.82) is 0 Å². The highest BCUT2D eigenvalue weighted by Crippen LogP contribution is 2.40. The summed E-state index contributed by atoms with van der Waals surface area (Å²) in [6, 6.07) is 1.32. The van der Waals surface area contributed by atoms with Crippen molar-refractivity contribution < 1.29 is 28.5 Å². The summed E-state index contributed by atoms with van der Waals surface area (Å²) in [5.41, 5.74) is 0.857. The maximum Gasteiger partial charge on any atom is 0.408 e. The number of cyclic esters (lactones) is 1. The molecule has 4 heterocycles. The average Bonchev–Trinajstić information content (AvgIpc) is 3.74. The van der Waals surface area contributed by atoms with E-state index in [9.17, 15) is 9.59 Å². The van der Waals surface area contributed by atoms with Gasteiger partial charge >= 0.3 is 12.1 Å². The number of fused-ring (bicyclic) bond motifs is 1. The summed E-state index contributed by atoms with van der Waals surface area (Å²) in [6.07, 6.45) is 9.34. The highest BCUT2D eigenvalue weighted by molar-refractivity contribution is 7.80. The smallest absolute Gasteiger partial charge is 0.408 e. The second-order valence-corrected chi connectivity index (χ2v) is 14.6. The van der Waals surface area contributed by atoms with Gasteiger partial charge in [-0.15, -0.1) is 0 Å². The molecule has 1 amide bonds. The number of carbonyl (C=O) groups is 2. The minimum atomic E-state index is -0.709. The number of methoxy groups -OCH3 is 1. The number of hydrogen-bond acceptors (Lipinski definition) is 9. The van der Waals surface area contributed by atoms with Gasteiger partial charge in [0, 0.05) is 50.2 Å². The van der Waals surface area contributed by atoms with Gasteiger partial charge in [0.15, 0.2) is 0 Å². The zero-order chi connectivity index (χ0) is 34.5. The zero-order valence-corrected chi connectivity index (χ0v) is 30.1. The number of aryl methyl sites for hydroxylation is 1. The van der Waals surface area contributed by atoms with Crippen LogP contribution in [0.25, 0.3) is 5.52 Å². The van der Waals surface area contributed by atoms with Crippen molar-refractivity contribution in [3.05, 3.63) is 53.6 Å². The van der Waals surface area contributed by atoms with Crippen molar-refractivity contribution >= 4 is 46.6 Å². The molecule has 5 unspecified atom stereocenters. The average molecular weight is 690 g/mol. The topological polar surface area (TPSA) is 118 Å². The Labute approximate surface area is 287 Å². The molecule has 3 aromatic heterocycles. The van der Waals surface area contributed by atoms with Gasteiger partial charge in [0.25, 0.3) is 5.17 Å². The lowest BCUT2D eigenvalue weighted by atomic mass is 9.80. The van der Waals surface area contributed by atoms with Crippen molar-refractivity contribution in [3.8, 4) is 0 Å². The highest BCUT2D eigenvalue weighted by Gasteiger charge is 2.43. The molecule has 1 saturated heterocycles. The van der Waals surface area contributed by atoms with Crippen molar-refractivity contribution in [1.82, 2.24) is 24.3 Å². The highest BCUT2D eigenvalue weighted by atomic mass is 35.5. The van der Waals surface area contributed by atoms with E-state index in [1.165, 1.54) is 0 Å². The predicted molar refractivity (Wildman–Crippen MR) is 183 cm³/mol. The third kappa shape index (κ3) is 9.45. The number of halogens is 1. The van der Waals surface area contributed by atoms with E-state index >= 15 is 0 Å². The number of amides is 1. The molecule has 0 aliphatic carbocycles. The Morgan fingerprint density at radius 1 is 1.26 bits per heavy atom. The summed E-state index contributed by atoms with van der Waals surface area (Å²) < 4.78 is 27.1. The fourth-order valence-corrected chi connectivity index (χ4v) is 6.48. The van der Waals surface area contributed by atoms with Gasteiger partial charge in [-0.2, -0.15) is 0 Å². The molecule has 1 aliphatic heterocycles. The van der Waals surface area contributed by atoms with Crippen LogP contribution in [0.4, 0.5) is 4.79 Å². The molecule has 4 rings (SSSR count). The summed E-state index contributed by atoms with van der Waals surface area (Å²) in [4.78, 5) is 34.9. The van der Waals surface area contributed by atoms with Crippen LogP contribution in [0.2, 0.25) is 5.02 Å². The van der Waals surface area contributed by atoms with Crippen LogP contribution in [0, 0.1) is 23.7 Å². The van der Waals surface area contributed by atoms with Crippen molar-refractivity contribution in [2.45, 2.75) is 98.0 Å². The van der Waals surface area contributed by atoms with Gasteiger partial charge in [-0.1, -0.05) is 39.3 Å². The molecule has 0 radical (unpaired) electrons. The molecule has 0 saturated carbocycles. The van der Waals surface area contributed by atoms with E-state index in [2.05, 4.69) is 29.1 Å². The second-order valence-electron chi connectivity index (χ2n) is 13.9.